The summed E-state index contributed by atoms with van der Waals surface area (Å²) in [5, 5.41) is 3.46. The molecule has 1 aliphatic carbocycles. The quantitative estimate of drug-likeness (QED) is 0.845. The molecule has 1 fully saturated rings. The predicted octanol–water partition coefficient (Wildman–Crippen LogP) is 4.92. The minimum absolute atomic E-state index is 0.0407. The minimum Gasteiger partial charge on any atom is -0.344 e. The summed E-state index contributed by atoms with van der Waals surface area (Å²) in [7, 11) is 0. The van der Waals surface area contributed by atoms with E-state index in [0.29, 0.717) is 5.92 Å². The Morgan fingerprint density at radius 2 is 1.82 bits per heavy atom. The number of benzene rings is 1. The van der Waals surface area contributed by atoms with E-state index in [1.165, 1.54) is 6.20 Å². The average Bonchev–Trinajstić information content (AvgIpc) is 3.36. The lowest BCUT2D eigenvalue weighted by atomic mass is 10.0. The highest BCUT2D eigenvalue weighted by Gasteiger charge is 2.34. The van der Waals surface area contributed by atoms with Gasteiger partial charge in [0.2, 0.25) is 0 Å². The summed E-state index contributed by atoms with van der Waals surface area (Å²) in [6.45, 7) is 0. The van der Waals surface area contributed by atoms with Gasteiger partial charge in [0.25, 0.3) is 5.91 Å². The highest BCUT2D eigenvalue weighted by atomic mass is 35.5. The van der Waals surface area contributed by atoms with Crippen molar-refractivity contribution in [1.82, 2.24) is 10.3 Å². The molecule has 3 rings (SSSR count). The Kier molecular flexibility index (Phi) is 4.57. The minimum atomic E-state index is -0.343. The van der Waals surface area contributed by atoms with Crippen molar-refractivity contribution in [3.05, 3.63) is 62.9 Å². The molecule has 0 radical (unpaired) electrons. The van der Waals surface area contributed by atoms with Crippen molar-refractivity contribution in [2.24, 2.45) is 5.92 Å². The number of carbonyl (C=O) groups excluding carboxylic acids is 1. The molecule has 114 valence electrons. The van der Waals surface area contributed by atoms with Crippen LogP contribution in [0.3, 0.4) is 0 Å². The highest BCUT2D eigenvalue weighted by molar-refractivity contribution is 6.48. The van der Waals surface area contributed by atoms with Crippen LogP contribution >= 0.6 is 34.8 Å². The maximum Gasteiger partial charge on any atom is 0.271 e. The first-order chi connectivity index (χ1) is 10.6. The van der Waals surface area contributed by atoms with Crippen LogP contribution in [0.1, 0.15) is 34.9 Å². The van der Waals surface area contributed by atoms with Crippen molar-refractivity contribution in [2.75, 3.05) is 0 Å². The Balaban J connectivity index is 1.85. The van der Waals surface area contributed by atoms with Gasteiger partial charge >= 0.3 is 0 Å². The van der Waals surface area contributed by atoms with E-state index in [4.69, 9.17) is 34.8 Å². The molecular weight excluding hydrogens is 343 g/mol. The van der Waals surface area contributed by atoms with E-state index >= 15 is 0 Å². The summed E-state index contributed by atoms with van der Waals surface area (Å²) in [4.78, 5) is 16.5. The molecule has 3 nitrogen and oxygen atoms in total. The lowest BCUT2D eigenvalue weighted by Gasteiger charge is -2.19. The third-order valence-corrected chi connectivity index (χ3v) is 4.91. The zero-order valence-corrected chi connectivity index (χ0v) is 13.8. The molecule has 0 aliphatic heterocycles. The smallest absolute Gasteiger partial charge is 0.271 e. The molecule has 1 atom stereocenters. The van der Waals surface area contributed by atoms with Gasteiger partial charge in [-0.3, -0.25) is 4.79 Å². The topological polar surface area (TPSA) is 42.0 Å². The lowest BCUT2D eigenvalue weighted by Crippen LogP contribution is -2.30. The van der Waals surface area contributed by atoms with Crippen molar-refractivity contribution in [1.29, 1.82) is 0 Å². The monoisotopic (exact) mass is 354 g/mol. The van der Waals surface area contributed by atoms with Crippen LogP contribution < -0.4 is 5.32 Å². The van der Waals surface area contributed by atoms with Crippen LogP contribution in [-0.2, 0) is 0 Å². The molecule has 0 unspecified atom stereocenters. The van der Waals surface area contributed by atoms with Gasteiger partial charge in [-0.05, 0) is 24.3 Å². The summed E-state index contributed by atoms with van der Waals surface area (Å²) in [5.41, 5.74) is 1.17. The van der Waals surface area contributed by atoms with Gasteiger partial charge in [0, 0.05) is 6.20 Å². The van der Waals surface area contributed by atoms with Gasteiger partial charge in [0.05, 0.1) is 21.1 Å². The fraction of sp³-hybridized carbons (Fsp3) is 0.250. The molecule has 1 aromatic carbocycles. The molecule has 1 saturated carbocycles. The van der Waals surface area contributed by atoms with E-state index < -0.39 is 0 Å². The number of rotatable bonds is 4. The van der Waals surface area contributed by atoms with Gasteiger partial charge < -0.3 is 5.32 Å². The Morgan fingerprint density at radius 1 is 1.14 bits per heavy atom. The second-order valence-corrected chi connectivity index (χ2v) is 6.45. The first-order valence-electron chi connectivity index (χ1n) is 6.93. The standard InChI is InChI=1S/C16H13Cl3N2O/c17-11-8-20-15(13(19)12(11)18)16(22)21-14(10-6-7-10)9-4-2-1-3-5-9/h1-5,8,10,14H,6-7H2,(H,21,22)/t14-/m0/s1. The van der Waals surface area contributed by atoms with E-state index in [1.54, 1.807) is 0 Å². The number of hydrogen-bond donors (Lipinski definition) is 1. The van der Waals surface area contributed by atoms with E-state index in [1.807, 2.05) is 30.3 Å². The highest BCUT2D eigenvalue weighted by Crippen LogP contribution is 2.41. The van der Waals surface area contributed by atoms with Gasteiger partial charge in [0.15, 0.2) is 0 Å². The predicted molar refractivity (Wildman–Crippen MR) is 88.6 cm³/mol. The number of pyridine rings is 1. The third kappa shape index (κ3) is 3.22. The summed E-state index contributed by atoms with van der Waals surface area (Å²) in [5.74, 6) is 0.109. The molecule has 0 spiro atoms. The molecular formula is C16H13Cl3N2O. The largest absolute Gasteiger partial charge is 0.344 e. The number of nitrogens with one attached hydrogen (secondary N) is 1. The number of hydrogen-bond acceptors (Lipinski definition) is 2. The van der Waals surface area contributed by atoms with E-state index in [0.717, 1.165) is 18.4 Å². The Labute approximate surface area is 143 Å². The fourth-order valence-electron chi connectivity index (χ4n) is 2.37. The summed E-state index contributed by atoms with van der Waals surface area (Å²) in [6, 6.07) is 9.84. The second-order valence-electron chi connectivity index (χ2n) is 5.28. The molecule has 22 heavy (non-hydrogen) atoms. The van der Waals surface area contributed by atoms with E-state index in [2.05, 4.69) is 10.3 Å². The molecule has 1 N–H and O–H groups in total. The molecule has 1 aromatic heterocycles. The number of nitrogens with zero attached hydrogens (tertiary/aromatic N) is 1. The zero-order valence-electron chi connectivity index (χ0n) is 11.5. The normalized spacial score (nSPS) is 15.4. The summed E-state index contributed by atoms with van der Waals surface area (Å²) < 4.78 is 0. The Morgan fingerprint density at radius 3 is 2.45 bits per heavy atom. The SMILES string of the molecule is O=C(N[C@@H](c1ccccc1)C1CC1)c1ncc(Cl)c(Cl)c1Cl. The van der Waals surface area contributed by atoms with Gasteiger partial charge in [-0.1, -0.05) is 65.1 Å². The molecule has 6 heteroatoms. The van der Waals surface area contributed by atoms with Crippen LogP contribution in [0.15, 0.2) is 36.5 Å². The fourth-order valence-corrected chi connectivity index (χ4v) is 2.94. The maximum absolute atomic E-state index is 12.5. The molecule has 0 saturated heterocycles. The van der Waals surface area contributed by atoms with Crippen LogP contribution in [0.5, 0.6) is 0 Å². The first kappa shape index (κ1) is 15.6. The maximum atomic E-state index is 12.5. The zero-order chi connectivity index (χ0) is 15.7. The van der Waals surface area contributed by atoms with Crippen LogP contribution in [0.25, 0.3) is 0 Å². The Hall–Kier alpha value is -1.29. The van der Waals surface area contributed by atoms with Crippen LogP contribution in [0.4, 0.5) is 0 Å². The van der Waals surface area contributed by atoms with E-state index in [9.17, 15) is 4.79 Å². The van der Waals surface area contributed by atoms with E-state index in [-0.39, 0.29) is 32.7 Å². The third-order valence-electron chi connectivity index (χ3n) is 3.67. The molecule has 2 aromatic rings. The second kappa shape index (κ2) is 6.45. The Bertz CT molecular complexity index is 702. The lowest BCUT2D eigenvalue weighted by molar-refractivity contribution is 0.0927. The first-order valence-corrected chi connectivity index (χ1v) is 8.06. The molecule has 1 amide bonds. The van der Waals surface area contributed by atoms with Crippen molar-refractivity contribution in [3.63, 3.8) is 0 Å². The number of halogens is 3. The summed E-state index contributed by atoms with van der Waals surface area (Å²) >= 11 is 17.9. The molecule has 0 bridgehead atoms. The number of amides is 1. The van der Waals surface area contributed by atoms with Crippen molar-refractivity contribution in [2.45, 2.75) is 18.9 Å². The van der Waals surface area contributed by atoms with Crippen molar-refractivity contribution in [3.8, 4) is 0 Å². The number of aromatic nitrogens is 1. The van der Waals surface area contributed by atoms with Crippen molar-refractivity contribution < 1.29 is 4.79 Å². The van der Waals surface area contributed by atoms with Gasteiger partial charge in [-0.25, -0.2) is 4.98 Å². The molecule has 1 aliphatic rings. The summed E-state index contributed by atoms with van der Waals surface area (Å²) in [6.07, 6.45) is 3.53. The van der Waals surface area contributed by atoms with Gasteiger partial charge in [-0.15, -0.1) is 0 Å². The van der Waals surface area contributed by atoms with Crippen molar-refractivity contribution >= 4 is 40.7 Å². The van der Waals surface area contributed by atoms with Crippen LogP contribution in [0, 0.1) is 5.92 Å². The van der Waals surface area contributed by atoms with Gasteiger partial charge in [-0.2, -0.15) is 0 Å². The van der Waals surface area contributed by atoms with Crippen LogP contribution in [0.2, 0.25) is 15.1 Å². The average molecular weight is 356 g/mol. The number of carbonyl (C=O) groups is 1. The van der Waals surface area contributed by atoms with Gasteiger partial charge in [0.1, 0.15) is 5.69 Å². The van der Waals surface area contributed by atoms with Crippen LogP contribution in [-0.4, -0.2) is 10.9 Å². The molecule has 1 heterocycles.